The zero-order valence-corrected chi connectivity index (χ0v) is 17.0. The van der Waals surface area contributed by atoms with Crippen LogP contribution in [0.25, 0.3) is 22.0 Å². The topological polar surface area (TPSA) is 51.1 Å². The number of nitrogens with one attached hydrogen (secondary N) is 1. The van der Waals surface area contributed by atoms with Crippen LogP contribution in [0.15, 0.2) is 77.6 Å². The maximum atomic E-state index is 13.3. The van der Waals surface area contributed by atoms with Crippen molar-refractivity contribution in [2.24, 2.45) is 7.05 Å². The molecule has 1 heterocycles. The number of para-hydroxylation sites is 1. The van der Waals surface area contributed by atoms with Crippen LogP contribution in [0.1, 0.15) is 10.4 Å². The second-order valence-electron chi connectivity index (χ2n) is 6.57. The maximum Gasteiger partial charge on any atom is 0.258 e. The minimum Gasteiger partial charge on any atom is -0.330 e. The van der Waals surface area contributed by atoms with Crippen molar-refractivity contribution in [1.29, 1.82) is 0 Å². The molecule has 0 aliphatic rings. The Bertz CT molecular complexity index is 1290. The first-order chi connectivity index (χ1) is 14.0. The van der Waals surface area contributed by atoms with Crippen LogP contribution >= 0.6 is 23.2 Å². The van der Waals surface area contributed by atoms with E-state index >= 15 is 0 Å². The summed E-state index contributed by atoms with van der Waals surface area (Å²) in [5, 5.41) is 4.35. The highest BCUT2D eigenvalue weighted by Gasteiger charge is 2.20. The number of fused-ring (bicyclic) bond motifs is 1. The summed E-state index contributed by atoms with van der Waals surface area (Å²) in [5.74, 6) is -0.00274. The Morgan fingerprint density at radius 2 is 1.55 bits per heavy atom. The van der Waals surface area contributed by atoms with Crippen molar-refractivity contribution in [2.45, 2.75) is 0 Å². The summed E-state index contributed by atoms with van der Waals surface area (Å²) in [4.78, 5) is 26.3. The van der Waals surface area contributed by atoms with E-state index in [0.717, 1.165) is 0 Å². The molecule has 0 spiro atoms. The number of rotatable bonds is 3. The van der Waals surface area contributed by atoms with Crippen molar-refractivity contribution >= 4 is 45.8 Å². The Labute approximate surface area is 177 Å². The Morgan fingerprint density at radius 3 is 2.28 bits per heavy atom. The van der Waals surface area contributed by atoms with Crippen LogP contribution in [-0.2, 0) is 7.05 Å². The first kappa shape index (κ1) is 19.2. The van der Waals surface area contributed by atoms with Crippen LogP contribution in [0.2, 0.25) is 10.0 Å². The van der Waals surface area contributed by atoms with Gasteiger partial charge in [-0.15, -0.1) is 0 Å². The van der Waals surface area contributed by atoms with Crippen molar-refractivity contribution < 1.29 is 4.79 Å². The minimum absolute atomic E-state index is 0.171. The Kier molecular flexibility index (Phi) is 5.14. The highest BCUT2D eigenvalue weighted by Crippen LogP contribution is 2.30. The van der Waals surface area contributed by atoms with Gasteiger partial charge < -0.3 is 9.88 Å². The number of carbonyl (C=O) groups is 1. The number of aromatic nitrogens is 1. The van der Waals surface area contributed by atoms with Gasteiger partial charge in [-0.05, 0) is 42.0 Å². The van der Waals surface area contributed by atoms with Gasteiger partial charge in [0.1, 0.15) is 5.82 Å². The predicted molar refractivity (Wildman–Crippen MR) is 119 cm³/mol. The average molecular weight is 423 g/mol. The number of pyridine rings is 1. The summed E-state index contributed by atoms with van der Waals surface area (Å²) in [6.07, 6.45) is 0. The first-order valence-electron chi connectivity index (χ1n) is 8.91. The summed E-state index contributed by atoms with van der Waals surface area (Å²) in [6, 6.07) is 21.0. The van der Waals surface area contributed by atoms with Gasteiger partial charge in [-0.1, -0.05) is 59.6 Å². The molecule has 0 aliphatic heterocycles. The lowest BCUT2D eigenvalue weighted by molar-refractivity contribution is 0.102. The third-order valence-corrected chi connectivity index (χ3v) is 5.37. The molecule has 144 valence electrons. The zero-order valence-electron chi connectivity index (χ0n) is 15.4. The zero-order chi connectivity index (χ0) is 20.5. The number of hydrogen-bond donors (Lipinski definition) is 1. The van der Waals surface area contributed by atoms with Crippen LogP contribution in [0, 0.1) is 0 Å². The van der Waals surface area contributed by atoms with Gasteiger partial charge in [0.05, 0.1) is 21.7 Å². The molecule has 0 unspecified atom stereocenters. The monoisotopic (exact) mass is 422 g/mol. The molecule has 6 heteroatoms. The quantitative estimate of drug-likeness (QED) is 0.455. The van der Waals surface area contributed by atoms with Crippen molar-refractivity contribution in [3.63, 3.8) is 0 Å². The van der Waals surface area contributed by atoms with Crippen molar-refractivity contribution in [2.75, 3.05) is 5.32 Å². The Hall–Kier alpha value is -3.08. The largest absolute Gasteiger partial charge is 0.330 e. The number of amides is 1. The third-order valence-electron chi connectivity index (χ3n) is 4.79. The predicted octanol–water partition coefficient (Wildman–Crippen LogP) is 5.76. The lowest BCUT2D eigenvalue weighted by Gasteiger charge is -2.18. The summed E-state index contributed by atoms with van der Waals surface area (Å²) >= 11 is 12.2. The molecule has 0 atom stereocenters. The fourth-order valence-corrected chi connectivity index (χ4v) is 3.69. The van der Waals surface area contributed by atoms with Gasteiger partial charge >= 0.3 is 0 Å². The molecule has 1 N–H and O–H groups in total. The second-order valence-corrected chi connectivity index (χ2v) is 7.41. The van der Waals surface area contributed by atoms with Gasteiger partial charge in [0.2, 0.25) is 0 Å². The molecule has 1 amide bonds. The molecule has 4 rings (SSSR count). The van der Waals surface area contributed by atoms with Gasteiger partial charge in [-0.2, -0.15) is 0 Å². The molecule has 1 aromatic heterocycles. The van der Waals surface area contributed by atoms with E-state index in [9.17, 15) is 9.59 Å². The summed E-state index contributed by atoms with van der Waals surface area (Å²) in [5.41, 5.74) is 1.93. The molecule has 29 heavy (non-hydrogen) atoms. The van der Waals surface area contributed by atoms with Crippen LogP contribution < -0.4 is 10.7 Å². The van der Waals surface area contributed by atoms with E-state index in [0.29, 0.717) is 43.5 Å². The number of carbonyl (C=O) groups excluding carboxylic acids is 1. The van der Waals surface area contributed by atoms with E-state index < -0.39 is 5.91 Å². The highest BCUT2D eigenvalue weighted by atomic mass is 35.5. The third kappa shape index (κ3) is 3.53. The normalized spacial score (nSPS) is 10.9. The number of anilines is 1. The molecule has 0 fully saturated rings. The number of benzene rings is 3. The summed E-state index contributed by atoms with van der Waals surface area (Å²) in [6.45, 7) is 0. The number of halogens is 2. The molecule has 0 radical (unpaired) electrons. The number of hydrogen-bond acceptors (Lipinski definition) is 2. The van der Waals surface area contributed by atoms with Crippen molar-refractivity contribution in [3.8, 4) is 11.1 Å². The van der Waals surface area contributed by atoms with Crippen LogP contribution in [-0.4, -0.2) is 10.5 Å². The van der Waals surface area contributed by atoms with Crippen molar-refractivity contribution in [1.82, 2.24) is 4.57 Å². The SMILES string of the molecule is Cn1c(NC(=O)c2ccccc2Cl)c(-c2ccc(Cl)cc2)c(=O)c2ccccc21. The lowest BCUT2D eigenvalue weighted by Crippen LogP contribution is -2.21. The number of aryl methyl sites for hydroxylation is 1. The number of nitrogens with zero attached hydrogens (tertiary/aromatic N) is 1. The van der Waals surface area contributed by atoms with Gasteiger partial charge in [0.25, 0.3) is 5.91 Å². The lowest BCUT2D eigenvalue weighted by atomic mass is 10.0. The van der Waals surface area contributed by atoms with Gasteiger partial charge in [0.15, 0.2) is 5.43 Å². The van der Waals surface area contributed by atoms with Crippen LogP contribution in [0.3, 0.4) is 0 Å². The molecule has 3 aromatic carbocycles. The van der Waals surface area contributed by atoms with Crippen molar-refractivity contribution in [3.05, 3.63) is 98.6 Å². The minimum atomic E-state index is -0.393. The molecule has 4 nitrogen and oxygen atoms in total. The fourth-order valence-electron chi connectivity index (χ4n) is 3.34. The van der Waals surface area contributed by atoms with E-state index in [1.165, 1.54) is 0 Å². The molecule has 0 aliphatic carbocycles. The molecule has 0 bridgehead atoms. The van der Waals surface area contributed by atoms with Gasteiger partial charge in [0, 0.05) is 17.5 Å². The smallest absolute Gasteiger partial charge is 0.258 e. The van der Waals surface area contributed by atoms with E-state index in [1.807, 2.05) is 25.2 Å². The van der Waals surface area contributed by atoms with E-state index in [2.05, 4.69) is 5.32 Å². The van der Waals surface area contributed by atoms with Crippen LogP contribution in [0.5, 0.6) is 0 Å². The van der Waals surface area contributed by atoms with E-state index in [4.69, 9.17) is 23.2 Å². The fraction of sp³-hybridized carbons (Fsp3) is 0.0435. The standard InChI is InChI=1S/C23H16Cl2N2O2/c1-27-19-9-5-3-7-17(19)21(28)20(14-10-12-15(24)13-11-14)22(27)26-23(29)16-6-2-4-8-18(16)25/h2-13H,1H3,(H,26,29). The van der Waals surface area contributed by atoms with Gasteiger partial charge in [-0.3, -0.25) is 9.59 Å². The molecular weight excluding hydrogens is 407 g/mol. The van der Waals surface area contributed by atoms with E-state index in [-0.39, 0.29) is 5.43 Å². The Morgan fingerprint density at radius 1 is 0.897 bits per heavy atom. The first-order valence-corrected chi connectivity index (χ1v) is 9.66. The van der Waals surface area contributed by atoms with E-state index in [1.54, 1.807) is 59.2 Å². The summed E-state index contributed by atoms with van der Waals surface area (Å²) in [7, 11) is 1.81. The van der Waals surface area contributed by atoms with Crippen LogP contribution in [0.4, 0.5) is 5.82 Å². The van der Waals surface area contributed by atoms with Gasteiger partial charge in [-0.25, -0.2) is 0 Å². The highest BCUT2D eigenvalue weighted by molar-refractivity contribution is 6.34. The average Bonchev–Trinajstić information content (AvgIpc) is 2.73. The molecule has 4 aromatic rings. The molecule has 0 saturated heterocycles. The second kappa shape index (κ2) is 7.74. The molecule has 0 saturated carbocycles. The summed E-state index contributed by atoms with van der Waals surface area (Å²) < 4.78 is 1.80. The maximum absolute atomic E-state index is 13.3. The Balaban J connectivity index is 1.96. The molecular formula is C23H16Cl2N2O2.